The molecule has 0 atom stereocenters. The molecular formula is C11H14N4O3. The van der Waals surface area contributed by atoms with Crippen molar-refractivity contribution in [3.8, 4) is 0 Å². The van der Waals surface area contributed by atoms with Crippen molar-refractivity contribution in [3.63, 3.8) is 0 Å². The van der Waals surface area contributed by atoms with Gasteiger partial charge in [0.05, 0.1) is 6.20 Å². The van der Waals surface area contributed by atoms with Gasteiger partial charge in [0.1, 0.15) is 6.54 Å². The fraction of sp³-hybridized carbons (Fsp3) is 0.455. The van der Waals surface area contributed by atoms with E-state index in [4.69, 9.17) is 5.11 Å². The Balaban J connectivity index is 2.00. The molecule has 7 nitrogen and oxygen atoms in total. The van der Waals surface area contributed by atoms with Crippen LogP contribution < -0.4 is 0 Å². The molecule has 0 aliphatic heterocycles. The Hall–Kier alpha value is -2.18. The van der Waals surface area contributed by atoms with E-state index in [-0.39, 0.29) is 24.2 Å². The number of nitrogens with zero attached hydrogens (tertiary/aromatic N) is 4. The molecular weight excluding hydrogens is 236 g/mol. The van der Waals surface area contributed by atoms with E-state index in [1.54, 1.807) is 11.0 Å². The van der Waals surface area contributed by atoms with Crippen LogP contribution in [0.5, 0.6) is 0 Å². The van der Waals surface area contributed by atoms with E-state index in [1.807, 2.05) is 0 Å². The number of amides is 1. The van der Waals surface area contributed by atoms with Crippen molar-refractivity contribution < 1.29 is 14.7 Å². The average Bonchev–Trinajstić information content (AvgIpc) is 3.05. The van der Waals surface area contributed by atoms with Gasteiger partial charge in [0.15, 0.2) is 5.69 Å². The molecule has 1 N–H and O–H groups in total. The van der Waals surface area contributed by atoms with Crippen molar-refractivity contribution >= 4 is 11.9 Å². The molecule has 0 spiro atoms. The van der Waals surface area contributed by atoms with Gasteiger partial charge < -0.3 is 10.0 Å². The summed E-state index contributed by atoms with van der Waals surface area (Å²) in [5.41, 5.74) is -0.163. The molecule has 0 aromatic carbocycles. The van der Waals surface area contributed by atoms with Crippen molar-refractivity contribution in [1.82, 2.24) is 19.9 Å². The lowest BCUT2D eigenvalue weighted by atomic mass is 10.4. The van der Waals surface area contributed by atoms with Crippen LogP contribution in [0.25, 0.3) is 0 Å². The van der Waals surface area contributed by atoms with Crippen LogP contribution in [-0.4, -0.2) is 49.5 Å². The number of hydrogen-bond donors (Lipinski definition) is 1. The Morgan fingerprint density at radius 2 is 2.33 bits per heavy atom. The zero-order valence-corrected chi connectivity index (χ0v) is 9.82. The topological polar surface area (TPSA) is 88.3 Å². The zero-order valence-electron chi connectivity index (χ0n) is 9.82. The van der Waals surface area contributed by atoms with Gasteiger partial charge in [0.25, 0.3) is 0 Å². The second-order valence-corrected chi connectivity index (χ2v) is 4.17. The summed E-state index contributed by atoms with van der Waals surface area (Å²) in [4.78, 5) is 24.4. The second-order valence-electron chi connectivity index (χ2n) is 4.17. The predicted molar refractivity (Wildman–Crippen MR) is 61.9 cm³/mol. The number of carbonyl (C=O) groups is 2. The van der Waals surface area contributed by atoms with Gasteiger partial charge in [-0.15, -0.1) is 11.7 Å². The summed E-state index contributed by atoms with van der Waals surface area (Å²) in [6, 6.07) is 0.290. The molecule has 96 valence electrons. The smallest absolute Gasteiger partial charge is 0.358 e. The summed E-state index contributed by atoms with van der Waals surface area (Å²) in [6.45, 7) is 4.13. The number of carboxylic acids is 1. The van der Waals surface area contributed by atoms with Crippen molar-refractivity contribution in [2.45, 2.75) is 25.4 Å². The Bertz CT molecular complexity index is 478. The number of hydrogen-bond acceptors (Lipinski definition) is 4. The van der Waals surface area contributed by atoms with Crippen LogP contribution in [0.1, 0.15) is 23.3 Å². The van der Waals surface area contributed by atoms with E-state index in [0.29, 0.717) is 6.54 Å². The van der Waals surface area contributed by atoms with Gasteiger partial charge >= 0.3 is 5.97 Å². The first-order chi connectivity index (χ1) is 8.61. The molecule has 1 aliphatic carbocycles. The molecule has 0 saturated heterocycles. The van der Waals surface area contributed by atoms with E-state index < -0.39 is 5.97 Å². The third-order valence-electron chi connectivity index (χ3n) is 2.69. The Labute approximate surface area is 104 Å². The summed E-state index contributed by atoms with van der Waals surface area (Å²) < 4.78 is 1.24. The van der Waals surface area contributed by atoms with Gasteiger partial charge in [0.2, 0.25) is 5.91 Å². The molecule has 1 saturated carbocycles. The molecule has 1 heterocycles. The molecule has 1 amide bonds. The largest absolute Gasteiger partial charge is 0.476 e. The molecule has 18 heavy (non-hydrogen) atoms. The normalized spacial score (nSPS) is 14.2. The lowest BCUT2D eigenvalue weighted by Gasteiger charge is -2.20. The maximum Gasteiger partial charge on any atom is 0.358 e. The van der Waals surface area contributed by atoms with E-state index in [1.165, 1.54) is 10.9 Å². The Morgan fingerprint density at radius 3 is 2.83 bits per heavy atom. The summed E-state index contributed by atoms with van der Waals surface area (Å²) in [5.74, 6) is -1.25. The zero-order chi connectivity index (χ0) is 13.1. The van der Waals surface area contributed by atoms with Gasteiger partial charge in [0, 0.05) is 12.6 Å². The predicted octanol–water partition coefficient (Wildman–Crippen LogP) is 0.153. The monoisotopic (exact) mass is 250 g/mol. The highest BCUT2D eigenvalue weighted by Crippen LogP contribution is 2.26. The third-order valence-corrected chi connectivity index (χ3v) is 2.69. The van der Waals surface area contributed by atoms with Gasteiger partial charge in [-0.25, -0.2) is 9.48 Å². The highest BCUT2D eigenvalue weighted by atomic mass is 16.4. The highest BCUT2D eigenvalue weighted by molar-refractivity contribution is 5.84. The molecule has 1 aromatic heterocycles. The van der Waals surface area contributed by atoms with Crippen LogP contribution in [0.15, 0.2) is 18.9 Å². The van der Waals surface area contributed by atoms with E-state index in [9.17, 15) is 9.59 Å². The maximum absolute atomic E-state index is 12.0. The first kappa shape index (κ1) is 12.3. The third kappa shape index (κ3) is 2.73. The number of aromatic carboxylic acids is 1. The van der Waals surface area contributed by atoms with Crippen molar-refractivity contribution in [2.24, 2.45) is 0 Å². The molecule has 0 radical (unpaired) electrons. The molecule has 2 rings (SSSR count). The number of aromatic nitrogens is 3. The second kappa shape index (κ2) is 4.99. The fourth-order valence-electron chi connectivity index (χ4n) is 1.68. The van der Waals surface area contributed by atoms with Crippen LogP contribution in [-0.2, 0) is 11.3 Å². The van der Waals surface area contributed by atoms with Crippen molar-refractivity contribution in [1.29, 1.82) is 0 Å². The van der Waals surface area contributed by atoms with Crippen LogP contribution in [0, 0.1) is 0 Å². The summed E-state index contributed by atoms with van der Waals surface area (Å²) >= 11 is 0. The molecule has 0 bridgehead atoms. The first-order valence-corrected chi connectivity index (χ1v) is 5.65. The summed E-state index contributed by atoms with van der Waals surface area (Å²) in [5, 5.41) is 15.8. The molecule has 1 aromatic rings. The fourth-order valence-corrected chi connectivity index (χ4v) is 1.68. The Kier molecular flexibility index (Phi) is 3.40. The lowest BCUT2D eigenvalue weighted by Crippen LogP contribution is -2.35. The summed E-state index contributed by atoms with van der Waals surface area (Å²) in [7, 11) is 0. The minimum Gasteiger partial charge on any atom is -0.476 e. The van der Waals surface area contributed by atoms with Gasteiger partial charge in [-0.05, 0) is 12.8 Å². The van der Waals surface area contributed by atoms with Crippen LogP contribution in [0.4, 0.5) is 0 Å². The minimum absolute atomic E-state index is 0.00458. The highest BCUT2D eigenvalue weighted by Gasteiger charge is 2.31. The van der Waals surface area contributed by atoms with Gasteiger partial charge in [-0.1, -0.05) is 11.3 Å². The molecule has 1 fully saturated rings. The first-order valence-electron chi connectivity index (χ1n) is 5.65. The van der Waals surface area contributed by atoms with Crippen molar-refractivity contribution in [3.05, 3.63) is 24.5 Å². The quantitative estimate of drug-likeness (QED) is 0.726. The lowest BCUT2D eigenvalue weighted by molar-refractivity contribution is -0.132. The molecule has 7 heteroatoms. The SMILES string of the molecule is C=CCN(C(=O)Cn1cc(C(=O)O)nn1)C1CC1. The van der Waals surface area contributed by atoms with Gasteiger partial charge in [-0.3, -0.25) is 4.79 Å². The van der Waals surface area contributed by atoms with E-state index in [0.717, 1.165) is 12.8 Å². The van der Waals surface area contributed by atoms with Crippen LogP contribution >= 0.6 is 0 Å². The number of rotatable bonds is 6. The number of carbonyl (C=O) groups excluding carboxylic acids is 1. The molecule has 1 aliphatic rings. The van der Waals surface area contributed by atoms with E-state index in [2.05, 4.69) is 16.9 Å². The van der Waals surface area contributed by atoms with Gasteiger partial charge in [-0.2, -0.15) is 0 Å². The van der Waals surface area contributed by atoms with Crippen molar-refractivity contribution in [2.75, 3.05) is 6.54 Å². The number of carboxylic acid groups (broad SMARTS) is 1. The Morgan fingerprint density at radius 1 is 1.61 bits per heavy atom. The summed E-state index contributed by atoms with van der Waals surface area (Å²) in [6.07, 6.45) is 4.95. The van der Waals surface area contributed by atoms with E-state index >= 15 is 0 Å². The molecule has 0 unspecified atom stereocenters. The maximum atomic E-state index is 12.0. The van der Waals surface area contributed by atoms with Crippen LogP contribution in [0.2, 0.25) is 0 Å². The standard InChI is InChI=1S/C11H14N4O3/c1-2-5-15(8-3-4-8)10(16)7-14-6-9(11(17)18)12-13-14/h2,6,8H,1,3-5,7H2,(H,17,18). The minimum atomic E-state index is -1.15. The van der Waals surface area contributed by atoms with Crippen LogP contribution in [0.3, 0.4) is 0 Å². The average molecular weight is 250 g/mol.